The molecule has 0 saturated carbocycles. The molecule has 1 aliphatic rings. The number of hydrogen-bond acceptors (Lipinski definition) is 3. The standard InChI is InChI=1S/C14H19NO2S/c1-9-12(13(16)10(2)18-3)14(17)15(9)11-7-5-4-6-8-11/h4-10,12-13,16H,1-3H3/t9-,10?,12+,13-/m0/s1. The first kappa shape index (κ1) is 13.4. The third-order valence-electron chi connectivity index (χ3n) is 3.70. The minimum absolute atomic E-state index is 0.0297. The first-order chi connectivity index (χ1) is 8.57. The van der Waals surface area contributed by atoms with Crippen LogP contribution in [0, 0.1) is 5.92 Å². The largest absolute Gasteiger partial charge is 0.391 e. The van der Waals surface area contributed by atoms with Crippen LogP contribution in [0.15, 0.2) is 30.3 Å². The molecular weight excluding hydrogens is 246 g/mol. The van der Waals surface area contributed by atoms with Crippen LogP contribution >= 0.6 is 11.8 Å². The second-order valence-electron chi connectivity index (χ2n) is 4.74. The molecule has 0 bridgehead atoms. The molecule has 1 heterocycles. The first-order valence-electron chi connectivity index (χ1n) is 6.17. The molecule has 18 heavy (non-hydrogen) atoms. The van der Waals surface area contributed by atoms with Crippen molar-refractivity contribution in [2.45, 2.75) is 31.2 Å². The molecule has 98 valence electrons. The van der Waals surface area contributed by atoms with Crippen molar-refractivity contribution in [1.29, 1.82) is 0 Å². The summed E-state index contributed by atoms with van der Waals surface area (Å²) in [4.78, 5) is 14.0. The highest BCUT2D eigenvalue weighted by Crippen LogP contribution is 2.36. The summed E-state index contributed by atoms with van der Waals surface area (Å²) >= 11 is 1.59. The molecule has 3 nitrogen and oxygen atoms in total. The Balaban J connectivity index is 2.11. The van der Waals surface area contributed by atoms with Crippen LogP contribution in [0.5, 0.6) is 0 Å². The molecule has 1 aliphatic heterocycles. The van der Waals surface area contributed by atoms with Gasteiger partial charge in [0.2, 0.25) is 5.91 Å². The fraction of sp³-hybridized carbons (Fsp3) is 0.500. The van der Waals surface area contributed by atoms with Gasteiger partial charge in [0, 0.05) is 17.0 Å². The van der Waals surface area contributed by atoms with E-state index in [1.807, 2.05) is 50.4 Å². The molecule has 0 aliphatic carbocycles. The summed E-state index contributed by atoms with van der Waals surface area (Å²) < 4.78 is 0. The van der Waals surface area contributed by atoms with Gasteiger partial charge in [-0.05, 0) is 25.3 Å². The van der Waals surface area contributed by atoms with Crippen LogP contribution in [-0.4, -0.2) is 34.7 Å². The minimum atomic E-state index is -0.567. The molecule has 1 fully saturated rings. The van der Waals surface area contributed by atoms with Crippen molar-refractivity contribution < 1.29 is 9.90 Å². The highest BCUT2D eigenvalue weighted by molar-refractivity contribution is 7.99. The van der Waals surface area contributed by atoms with Crippen LogP contribution in [0.25, 0.3) is 0 Å². The van der Waals surface area contributed by atoms with E-state index in [1.54, 1.807) is 16.7 Å². The average Bonchev–Trinajstić information content (AvgIpc) is 2.39. The fourth-order valence-corrected chi connectivity index (χ4v) is 2.91. The Labute approximate surface area is 112 Å². The third-order valence-corrected chi connectivity index (χ3v) is 4.73. The van der Waals surface area contributed by atoms with Gasteiger partial charge in [-0.25, -0.2) is 0 Å². The normalized spacial score (nSPS) is 26.7. The number of rotatable bonds is 4. The molecule has 1 N–H and O–H groups in total. The number of amides is 1. The second-order valence-corrected chi connectivity index (χ2v) is 5.96. The van der Waals surface area contributed by atoms with E-state index in [1.165, 1.54) is 0 Å². The fourth-order valence-electron chi connectivity index (χ4n) is 2.46. The Morgan fingerprint density at radius 3 is 2.44 bits per heavy atom. The summed E-state index contributed by atoms with van der Waals surface area (Å²) in [6, 6.07) is 9.68. The lowest BCUT2D eigenvalue weighted by molar-refractivity contribution is -0.135. The number of anilines is 1. The number of nitrogens with zero attached hydrogens (tertiary/aromatic N) is 1. The molecule has 2 rings (SSSR count). The molecule has 0 aromatic heterocycles. The van der Waals surface area contributed by atoms with E-state index in [0.29, 0.717) is 0 Å². The SMILES string of the molecule is CSC(C)[C@H](O)[C@@H]1C(=O)N(c2ccccc2)[C@H]1C. The summed E-state index contributed by atoms with van der Waals surface area (Å²) in [5.74, 6) is -0.241. The minimum Gasteiger partial charge on any atom is -0.391 e. The Morgan fingerprint density at radius 1 is 1.33 bits per heavy atom. The van der Waals surface area contributed by atoms with Crippen LogP contribution in [-0.2, 0) is 4.79 Å². The zero-order chi connectivity index (χ0) is 13.3. The Morgan fingerprint density at radius 2 is 1.94 bits per heavy atom. The summed E-state index contributed by atoms with van der Waals surface area (Å²) in [5.41, 5.74) is 0.912. The number of thioether (sulfide) groups is 1. The molecule has 1 amide bonds. The van der Waals surface area contributed by atoms with Crippen LogP contribution in [0.1, 0.15) is 13.8 Å². The molecule has 0 radical (unpaired) electrons. The lowest BCUT2D eigenvalue weighted by atomic mass is 9.82. The molecule has 0 spiro atoms. The lowest BCUT2D eigenvalue weighted by Crippen LogP contribution is -2.65. The summed E-state index contributed by atoms with van der Waals surface area (Å²) in [7, 11) is 0. The van der Waals surface area contributed by atoms with Gasteiger partial charge in [-0.3, -0.25) is 4.79 Å². The van der Waals surface area contributed by atoms with Crippen molar-refractivity contribution in [3.63, 3.8) is 0 Å². The topological polar surface area (TPSA) is 40.5 Å². The van der Waals surface area contributed by atoms with Gasteiger partial charge in [-0.15, -0.1) is 0 Å². The molecule has 4 heteroatoms. The van der Waals surface area contributed by atoms with E-state index in [0.717, 1.165) is 5.69 Å². The summed E-state index contributed by atoms with van der Waals surface area (Å²) in [6.45, 7) is 3.95. The molecule has 1 saturated heterocycles. The number of para-hydroxylation sites is 1. The van der Waals surface area contributed by atoms with Gasteiger partial charge in [0.25, 0.3) is 0 Å². The highest BCUT2D eigenvalue weighted by Gasteiger charge is 2.50. The molecular formula is C14H19NO2S. The first-order valence-corrected chi connectivity index (χ1v) is 7.45. The maximum Gasteiger partial charge on any atom is 0.235 e. The summed E-state index contributed by atoms with van der Waals surface area (Å²) in [6.07, 6.45) is 1.39. The zero-order valence-electron chi connectivity index (χ0n) is 10.9. The van der Waals surface area contributed by atoms with Crippen molar-refractivity contribution in [1.82, 2.24) is 0 Å². The van der Waals surface area contributed by atoms with E-state index in [-0.39, 0.29) is 23.1 Å². The van der Waals surface area contributed by atoms with Crippen LogP contribution < -0.4 is 4.90 Å². The van der Waals surface area contributed by atoms with Gasteiger partial charge in [0.1, 0.15) is 0 Å². The van der Waals surface area contributed by atoms with Crippen LogP contribution in [0.2, 0.25) is 0 Å². The predicted molar refractivity (Wildman–Crippen MR) is 75.9 cm³/mol. The van der Waals surface area contributed by atoms with Crippen LogP contribution in [0.3, 0.4) is 0 Å². The monoisotopic (exact) mass is 265 g/mol. The maximum absolute atomic E-state index is 12.2. The van der Waals surface area contributed by atoms with Gasteiger partial charge in [-0.2, -0.15) is 11.8 Å². The molecule has 1 unspecified atom stereocenters. The van der Waals surface area contributed by atoms with Gasteiger partial charge < -0.3 is 10.0 Å². The Hall–Kier alpha value is -1.00. The second kappa shape index (κ2) is 5.33. The van der Waals surface area contributed by atoms with E-state index in [9.17, 15) is 9.90 Å². The average molecular weight is 265 g/mol. The van der Waals surface area contributed by atoms with Crippen molar-refractivity contribution in [2.24, 2.45) is 5.92 Å². The van der Waals surface area contributed by atoms with Crippen LogP contribution in [0.4, 0.5) is 5.69 Å². The van der Waals surface area contributed by atoms with E-state index >= 15 is 0 Å². The number of carbonyl (C=O) groups excluding carboxylic acids is 1. The molecule has 1 aromatic rings. The quantitative estimate of drug-likeness (QED) is 0.848. The Kier molecular flexibility index (Phi) is 3.97. The lowest BCUT2D eigenvalue weighted by Gasteiger charge is -2.48. The van der Waals surface area contributed by atoms with Crippen molar-refractivity contribution >= 4 is 23.4 Å². The highest BCUT2D eigenvalue weighted by atomic mass is 32.2. The number of β-lactam (4-membered cyclic amide) rings is 1. The number of benzene rings is 1. The van der Waals surface area contributed by atoms with Crippen molar-refractivity contribution in [3.8, 4) is 0 Å². The van der Waals surface area contributed by atoms with Crippen molar-refractivity contribution in [3.05, 3.63) is 30.3 Å². The maximum atomic E-state index is 12.2. The zero-order valence-corrected chi connectivity index (χ0v) is 11.7. The van der Waals surface area contributed by atoms with Crippen molar-refractivity contribution in [2.75, 3.05) is 11.2 Å². The summed E-state index contributed by atoms with van der Waals surface area (Å²) in [5, 5.41) is 10.3. The number of aliphatic hydroxyl groups excluding tert-OH is 1. The third kappa shape index (κ3) is 2.15. The van der Waals surface area contributed by atoms with Gasteiger partial charge >= 0.3 is 0 Å². The number of hydrogen-bond donors (Lipinski definition) is 1. The van der Waals surface area contributed by atoms with Gasteiger partial charge in [0.05, 0.1) is 12.0 Å². The smallest absolute Gasteiger partial charge is 0.235 e. The Bertz CT molecular complexity index is 423. The van der Waals surface area contributed by atoms with Gasteiger partial charge in [-0.1, -0.05) is 25.1 Å². The van der Waals surface area contributed by atoms with E-state index < -0.39 is 6.10 Å². The predicted octanol–water partition coefficient (Wildman–Crippen LogP) is 2.15. The van der Waals surface area contributed by atoms with Gasteiger partial charge in [0.15, 0.2) is 0 Å². The molecule has 4 atom stereocenters. The number of aliphatic hydroxyl groups is 1. The number of carbonyl (C=O) groups is 1. The van der Waals surface area contributed by atoms with E-state index in [2.05, 4.69) is 0 Å². The van der Waals surface area contributed by atoms with E-state index in [4.69, 9.17) is 0 Å². The molecule has 1 aromatic carbocycles.